The third kappa shape index (κ3) is 3.72. The number of urea groups is 1. The van der Waals surface area contributed by atoms with E-state index in [1.807, 2.05) is 24.2 Å². The molecule has 6 heteroatoms. The van der Waals surface area contributed by atoms with Gasteiger partial charge in [-0.15, -0.1) is 0 Å². The van der Waals surface area contributed by atoms with Gasteiger partial charge in [0.15, 0.2) is 0 Å². The molecule has 2 N–H and O–H groups in total. The molecule has 0 aliphatic carbocycles. The van der Waals surface area contributed by atoms with Gasteiger partial charge in [-0.2, -0.15) is 5.10 Å². The Labute approximate surface area is 119 Å². The third-order valence-electron chi connectivity index (χ3n) is 3.79. The Kier molecular flexibility index (Phi) is 5.40. The Balaban J connectivity index is 1.95. The quantitative estimate of drug-likeness (QED) is 0.867. The van der Waals surface area contributed by atoms with Crippen molar-refractivity contribution in [3.05, 3.63) is 18.0 Å². The van der Waals surface area contributed by atoms with E-state index < -0.39 is 0 Å². The van der Waals surface area contributed by atoms with Crippen molar-refractivity contribution >= 4 is 6.03 Å². The van der Waals surface area contributed by atoms with Crippen molar-refractivity contribution in [3.8, 4) is 0 Å². The highest BCUT2D eigenvalue weighted by Gasteiger charge is 2.29. The third-order valence-corrected chi connectivity index (χ3v) is 3.79. The Morgan fingerprint density at radius 1 is 1.65 bits per heavy atom. The molecule has 1 aromatic rings. The maximum Gasteiger partial charge on any atom is 0.318 e. The van der Waals surface area contributed by atoms with E-state index in [9.17, 15) is 4.79 Å². The number of hydrogen-bond acceptors (Lipinski definition) is 3. The van der Waals surface area contributed by atoms with E-state index in [1.54, 1.807) is 7.11 Å². The lowest BCUT2D eigenvalue weighted by molar-refractivity contribution is 0.144. The minimum absolute atomic E-state index is 0.0134. The van der Waals surface area contributed by atoms with Crippen molar-refractivity contribution in [3.63, 3.8) is 0 Å². The topological polar surface area (TPSA) is 70.2 Å². The van der Waals surface area contributed by atoms with Gasteiger partial charge in [-0.25, -0.2) is 4.79 Å². The first-order valence-electron chi connectivity index (χ1n) is 7.27. The normalized spacial score (nSPS) is 20.7. The first-order valence-corrected chi connectivity index (χ1v) is 7.27. The van der Waals surface area contributed by atoms with Gasteiger partial charge in [0.1, 0.15) is 0 Å². The lowest BCUT2D eigenvalue weighted by atomic mass is 9.98. The lowest BCUT2D eigenvalue weighted by Gasteiger charge is -2.36. The molecule has 1 aromatic heterocycles. The molecule has 2 atom stereocenters. The number of hydrogen-bond donors (Lipinski definition) is 2. The number of nitrogens with zero attached hydrogens (tertiary/aromatic N) is 2. The fraction of sp³-hybridized carbons (Fsp3) is 0.714. The summed E-state index contributed by atoms with van der Waals surface area (Å²) < 4.78 is 5.04. The molecule has 0 aromatic carbocycles. The second-order valence-corrected chi connectivity index (χ2v) is 5.37. The zero-order chi connectivity index (χ0) is 14.4. The number of H-pyrrole nitrogens is 1. The summed E-state index contributed by atoms with van der Waals surface area (Å²) in [5.74, 6) is 0. The molecule has 0 unspecified atom stereocenters. The summed E-state index contributed by atoms with van der Waals surface area (Å²) in [6, 6.07) is 0.269. The number of amides is 2. The van der Waals surface area contributed by atoms with Gasteiger partial charge in [-0.05, 0) is 32.6 Å². The second kappa shape index (κ2) is 7.28. The molecule has 1 aliphatic heterocycles. The predicted octanol–water partition coefficient (Wildman–Crippen LogP) is 2.07. The summed E-state index contributed by atoms with van der Waals surface area (Å²) in [6.45, 7) is 3.47. The van der Waals surface area contributed by atoms with Gasteiger partial charge in [0.25, 0.3) is 0 Å². The Bertz CT molecular complexity index is 407. The maximum absolute atomic E-state index is 12.4. The number of piperidine rings is 1. The van der Waals surface area contributed by atoms with Crippen molar-refractivity contribution in [1.29, 1.82) is 0 Å². The molecule has 2 heterocycles. The zero-order valence-electron chi connectivity index (χ0n) is 12.3. The summed E-state index contributed by atoms with van der Waals surface area (Å²) in [4.78, 5) is 14.3. The number of methoxy groups -OCH3 is 1. The van der Waals surface area contributed by atoms with Gasteiger partial charge in [-0.3, -0.25) is 5.10 Å². The predicted molar refractivity (Wildman–Crippen MR) is 76.4 cm³/mol. The molecule has 1 aliphatic rings. The molecule has 0 spiro atoms. The minimum Gasteiger partial charge on any atom is -0.385 e. The van der Waals surface area contributed by atoms with Crippen LogP contribution in [0.5, 0.6) is 0 Å². The molecule has 2 amide bonds. The van der Waals surface area contributed by atoms with E-state index in [0.29, 0.717) is 6.61 Å². The van der Waals surface area contributed by atoms with E-state index in [0.717, 1.165) is 37.8 Å². The van der Waals surface area contributed by atoms with Gasteiger partial charge in [-0.1, -0.05) is 0 Å². The van der Waals surface area contributed by atoms with Crippen LogP contribution in [0.15, 0.2) is 12.4 Å². The molecule has 0 bridgehead atoms. The van der Waals surface area contributed by atoms with E-state index in [-0.39, 0.29) is 18.1 Å². The summed E-state index contributed by atoms with van der Waals surface area (Å²) in [7, 11) is 1.67. The van der Waals surface area contributed by atoms with Crippen molar-refractivity contribution in [2.75, 3.05) is 20.3 Å². The number of aromatic amines is 1. The van der Waals surface area contributed by atoms with Crippen LogP contribution in [0.2, 0.25) is 0 Å². The number of carbonyl (C=O) groups is 1. The summed E-state index contributed by atoms with van der Waals surface area (Å²) >= 11 is 0. The Morgan fingerprint density at radius 2 is 2.50 bits per heavy atom. The summed E-state index contributed by atoms with van der Waals surface area (Å²) in [5.41, 5.74) is 1.09. The van der Waals surface area contributed by atoms with Crippen LogP contribution in [0.25, 0.3) is 0 Å². The van der Waals surface area contributed by atoms with Crippen LogP contribution in [-0.4, -0.2) is 47.4 Å². The zero-order valence-corrected chi connectivity index (χ0v) is 12.3. The van der Waals surface area contributed by atoms with Crippen molar-refractivity contribution in [2.24, 2.45) is 0 Å². The van der Waals surface area contributed by atoms with Gasteiger partial charge in [0.2, 0.25) is 0 Å². The summed E-state index contributed by atoms with van der Waals surface area (Å²) in [5, 5.41) is 9.88. The van der Waals surface area contributed by atoms with Crippen LogP contribution in [0.3, 0.4) is 0 Å². The molecule has 6 nitrogen and oxygen atoms in total. The van der Waals surface area contributed by atoms with E-state index in [4.69, 9.17) is 4.74 Å². The average Bonchev–Trinajstić information content (AvgIpc) is 2.99. The van der Waals surface area contributed by atoms with Gasteiger partial charge < -0.3 is 15.0 Å². The number of ether oxygens (including phenoxy) is 1. The van der Waals surface area contributed by atoms with Crippen LogP contribution >= 0.6 is 0 Å². The number of rotatable bonds is 5. The second-order valence-electron chi connectivity index (χ2n) is 5.37. The molecule has 0 saturated carbocycles. The van der Waals surface area contributed by atoms with Crippen molar-refractivity contribution < 1.29 is 9.53 Å². The number of aromatic nitrogens is 2. The highest BCUT2D eigenvalue weighted by Crippen LogP contribution is 2.30. The Hall–Kier alpha value is -1.56. The fourth-order valence-electron chi connectivity index (χ4n) is 2.62. The van der Waals surface area contributed by atoms with Crippen LogP contribution in [0, 0.1) is 0 Å². The first-order chi connectivity index (χ1) is 9.72. The van der Waals surface area contributed by atoms with E-state index in [2.05, 4.69) is 15.5 Å². The smallest absolute Gasteiger partial charge is 0.318 e. The lowest BCUT2D eigenvalue weighted by Crippen LogP contribution is -2.47. The highest BCUT2D eigenvalue weighted by molar-refractivity contribution is 5.75. The molecule has 112 valence electrons. The first kappa shape index (κ1) is 14.8. The van der Waals surface area contributed by atoms with Crippen molar-refractivity contribution in [1.82, 2.24) is 20.4 Å². The largest absolute Gasteiger partial charge is 0.385 e. The van der Waals surface area contributed by atoms with Crippen LogP contribution in [-0.2, 0) is 4.74 Å². The SMILES string of the molecule is COCC[C@H](C)NC(=O)N1CCCC[C@H]1c1cn[nH]c1. The number of nitrogens with one attached hydrogen (secondary N) is 2. The minimum atomic E-state index is 0.0134. The van der Waals surface area contributed by atoms with E-state index in [1.165, 1.54) is 0 Å². The van der Waals surface area contributed by atoms with Gasteiger partial charge >= 0.3 is 6.03 Å². The molecule has 20 heavy (non-hydrogen) atoms. The molecular formula is C14H24N4O2. The monoisotopic (exact) mass is 280 g/mol. The van der Waals surface area contributed by atoms with Gasteiger partial charge in [0, 0.05) is 38.1 Å². The van der Waals surface area contributed by atoms with Crippen molar-refractivity contribution in [2.45, 2.75) is 44.7 Å². The number of carbonyl (C=O) groups excluding carboxylic acids is 1. The molecular weight excluding hydrogens is 256 g/mol. The van der Waals surface area contributed by atoms with Gasteiger partial charge in [0.05, 0.1) is 12.2 Å². The summed E-state index contributed by atoms with van der Waals surface area (Å²) in [6.07, 6.45) is 7.73. The maximum atomic E-state index is 12.4. The number of likely N-dealkylation sites (tertiary alicyclic amines) is 1. The average molecular weight is 280 g/mol. The molecule has 1 saturated heterocycles. The Morgan fingerprint density at radius 3 is 3.20 bits per heavy atom. The van der Waals surface area contributed by atoms with Crippen LogP contribution in [0.1, 0.15) is 44.2 Å². The fourth-order valence-corrected chi connectivity index (χ4v) is 2.62. The van der Waals surface area contributed by atoms with Crippen LogP contribution in [0.4, 0.5) is 4.79 Å². The standard InChI is InChI=1S/C14H24N4O2/c1-11(6-8-20-2)17-14(19)18-7-4-3-5-13(18)12-9-15-16-10-12/h9-11,13H,3-8H2,1-2H3,(H,15,16)(H,17,19)/t11-,13-/m0/s1. The highest BCUT2D eigenvalue weighted by atomic mass is 16.5. The molecule has 1 fully saturated rings. The molecule has 2 rings (SSSR count). The molecule has 0 radical (unpaired) electrons. The van der Waals surface area contributed by atoms with Crippen LogP contribution < -0.4 is 5.32 Å². The van der Waals surface area contributed by atoms with E-state index >= 15 is 0 Å².